The molecule has 0 nitrogen and oxygen atoms in total. The van der Waals surface area contributed by atoms with Crippen LogP contribution in [0.2, 0.25) is 0 Å². The van der Waals surface area contributed by atoms with E-state index in [0.717, 1.165) is 0 Å². The van der Waals surface area contributed by atoms with E-state index < -0.39 is 21.3 Å². The summed E-state index contributed by atoms with van der Waals surface area (Å²) in [7, 11) is 0. The van der Waals surface area contributed by atoms with Crippen LogP contribution < -0.4 is 24.8 Å². The SMILES string of the molecule is CCCC1=C(CCC)C(CCC)[C]([Zr+2](=[C](c2ccccc2)c2ccccc2)[CH]2c3cc(C)ccc3-c3ccc(C)cc32)=C1.[Cl-].[Cl-]. The molecular formula is C42H46Cl2Zr. The summed E-state index contributed by atoms with van der Waals surface area (Å²) < 4.78 is 3.96. The molecule has 0 bridgehead atoms. The first kappa shape index (κ1) is 35.5. The van der Waals surface area contributed by atoms with E-state index in [9.17, 15) is 0 Å². The summed E-state index contributed by atoms with van der Waals surface area (Å²) in [6.07, 6.45) is 10.2. The van der Waals surface area contributed by atoms with Gasteiger partial charge in [0.25, 0.3) is 0 Å². The van der Waals surface area contributed by atoms with Gasteiger partial charge in [0.15, 0.2) is 0 Å². The quantitative estimate of drug-likeness (QED) is 0.205. The van der Waals surface area contributed by atoms with Crippen molar-refractivity contribution >= 4 is 3.21 Å². The van der Waals surface area contributed by atoms with Gasteiger partial charge in [0.1, 0.15) is 0 Å². The average Bonchev–Trinajstić information content (AvgIpc) is 3.51. The summed E-state index contributed by atoms with van der Waals surface area (Å²) in [5, 5.41) is 0. The molecule has 0 aliphatic heterocycles. The Kier molecular flexibility index (Phi) is 12.6. The Morgan fingerprint density at radius 3 is 1.60 bits per heavy atom. The van der Waals surface area contributed by atoms with Crippen LogP contribution in [-0.4, -0.2) is 3.21 Å². The van der Waals surface area contributed by atoms with Gasteiger partial charge in [-0.25, -0.2) is 0 Å². The van der Waals surface area contributed by atoms with Crippen molar-refractivity contribution in [3.05, 3.63) is 151 Å². The first-order chi connectivity index (χ1) is 21.0. The van der Waals surface area contributed by atoms with Gasteiger partial charge >= 0.3 is 269 Å². The molecule has 3 heteroatoms. The van der Waals surface area contributed by atoms with Crippen LogP contribution in [0.1, 0.15) is 96.3 Å². The van der Waals surface area contributed by atoms with Crippen LogP contribution in [-0.2, 0) is 21.3 Å². The molecule has 4 aromatic rings. The van der Waals surface area contributed by atoms with E-state index in [1.165, 1.54) is 71.9 Å². The summed E-state index contributed by atoms with van der Waals surface area (Å²) in [6.45, 7) is 11.7. The second-order valence-electron chi connectivity index (χ2n) is 12.6. The van der Waals surface area contributed by atoms with Crippen LogP contribution in [0.4, 0.5) is 0 Å². The van der Waals surface area contributed by atoms with E-state index in [-0.39, 0.29) is 24.8 Å². The van der Waals surface area contributed by atoms with Gasteiger partial charge in [0, 0.05) is 0 Å². The maximum Gasteiger partial charge on any atom is -1.00 e. The summed E-state index contributed by atoms with van der Waals surface area (Å²) in [4.78, 5) is 0. The predicted octanol–water partition coefficient (Wildman–Crippen LogP) is 5.48. The summed E-state index contributed by atoms with van der Waals surface area (Å²) >= 11 is -2.79. The van der Waals surface area contributed by atoms with Crippen LogP contribution in [0.5, 0.6) is 0 Å². The number of halogens is 2. The second-order valence-corrected chi connectivity index (χ2v) is 18.7. The van der Waals surface area contributed by atoms with E-state index in [2.05, 4.69) is 138 Å². The number of rotatable bonds is 10. The summed E-state index contributed by atoms with van der Waals surface area (Å²) in [5.41, 5.74) is 15.1. The molecule has 6 rings (SSSR count). The molecule has 1 atom stereocenters. The topological polar surface area (TPSA) is 0 Å². The van der Waals surface area contributed by atoms with Crippen molar-refractivity contribution in [2.75, 3.05) is 0 Å². The fourth-order valence-corrected chi connectivity index (χ4v) is 17.5. The molecule has 0 heterocycles. The number of allylic oxidation sites excluding steroid dienone is 4. The molecule has 0 amide bonds. The van der Waals surface area contributed by atoms with Gasteiger partial charge in [-0.2, -0.15) is 0 Å². The molecule has 4 aromatic carbocycles. The molecule has 0 N–H and O–H groups in total. The van der Waals surface area contributed by atoms with Gasteiger partial charge in [-0.1, -0.05) is 0 Å². The fraction of sp³-hybridized carbons (Fsp3) is 0.310. The van der Waals surface area contributed by atoms with Crippen molar-refractivity contribution < 1.29 is 46.1 Å². The van der Waals surface area contributed by atoms with Crippen molar-refractivity contribution in [2.24, 2.45) is 5.92 Å². The molecule has 0 radical (unpaired) electrons. The fourth-order valence-electron chi connectivity index (χ4n) is 7.74. The van der Waals surface area contributed by atoms with Gasteiger partial charge < -0.3 is 24.8 Å². The number of hydrogen-bond donors (Lipinski definition) is 0. The number of aryl methyl sites for hydroxylation is 2. The Labute approximate surface area is 292 Å². The van der Waals surface area contributed by atoms with E-state index in [0.29, 0.717) is 9.54 Å². The molecule has 0 aromatic heterocycles. The van der Waals surface area contributed by atoms with Crippen molar-refractivity contribution in [2.45, 2.75) is 76.8 Å². The standard InChI is InChI=1S/C15H13.C14H23.C13H10.2ClH.Zr/c1-10-3-5-14-12(7-10)9-13-8-11(2)4-6-15(13)14;1-4-7-12-10-11-13(8-5-2)14(12)9-6-3;1-3-7-12(8-4-1)11-13-9-5-2-6-10-13;;;/h3-9H,1-2H3;10,13H,4-9H2,1-3H3;1-10H;2*1H;/q;;;;;+2/p-2. The molecule has 0 saturated carbocycles. The first-order valence-electron chi connectivity index (χ1n) is 16.6. The molecule has 2 aliphatic rings. The first-order valence-corrected chi connectivity index (χ1v) is 20.4. The van der Waals surface area contributed by atoms with E-state index >= 15 is 0 Å². The largest absolute Gasteiger partial charge is 1.00 e. The van der Waals surface area contributed by atoms with E-state index in [4.69, 9.17) is 0 Å². The van der Waals surface area contributed by atoms with Gasteiger partial charge in [-0.15, -0.1) is 0 Å². The number of hydrogen-bond acceptors (Lipinski definition) is 0. The molecule has 45 heavy (non-hydrogen) atoms. The van der Waals surface area contributed by atoms with Crippen LogP contribution in [0.15, 0.2) is 118 Å². The van der Waals surface area contributed by atoms with Crippen LogP contribution >= 0.6 is 0 Å². The normalized spacial score (nSPS) is 14.9. The minimum absolute atomic E-state index is 0. The van der Waals surface area contributed by atoms with Gasteiger partial charge in [-0.3, -0.25) is 0 Å². The van der Waals surface area contributed by atoms with Crippen LogP contribution in [0, 0.1) is 19.8 Å². The third-order valence-corrected chi connectivity index (χ3v) is 17.9. The molecular weight excluding hydrogens is 667 g/mol. The van der Waals surface area contributed by atoms with Crippen molar-refractivity contribution in [1.29, 1.82) is 0 Å². The Morgan fingerprint density at radius 1 is 0.622 bits per heavy atom. The summed E-state index contributed by atoms with van der Waals surface area (Å²) in [6, 6.07) is 37.5. The minimum Gasteiger partial charge on any atom is -1.00 e. The molecule has 0 saturated heterocycles. The maximum absolute atomic E-state index is 2.79. The molecule has 0 fully saturated rings. The average molecular weight is 713 g/mol. The minimum atomic E-state index is -2.79. The zero-order valence-corrected chi connectivity index (χ0v) is 31.4. The molecule has 2 aliphatic carbocycles. The van der Waals surface area contributed by atoms with Crippen molar-refractivity contribution in [3.8, 4) is 11.1 Å². The second kappa shape index (κ2) is 16.0. The Morgan fingerprint density at radius 2 is 1.13 bits per heavy atom. The van der Waals surface area contributed by atoms with Crippen molar-refractivity contribution in [1.82, 2.24) is 0 Å². The number of fused-ring (bicyclic) bond motifs is 3. The van der Waals surface area contributed by atoms with E-state index in [1.54, 1.807) is 25.5 Å². The smallest absolute Gasteiger partial charge is 1.00 e. The zero-order chi connectivity index (χ0) is 29.9. The van der Waals surface area contributed by atoms with Gasteiger partial charge in [-0.05, 0) is 0 Å². The molecule has 0 spiro atoms. The van der Waals surface area contributed by atoms with Crippen LogP contribution in [0.25, 0.3) is 11.1 Å². The Hall–Kier alpha value is -2.31. The van der Waals surface area contributed by atoms with Gasteiger partial charge in [0.05, 0.1) is 0 Å². The van der Waals surface area contributed by atoms with Gasteiger partial charge in [0.2, 0.25) is 0 Å². The third kappa shape index (κ3) is 7.03. The van der Waals surface area contributed by atoms with E-state index in [1.807, 2.05) is 3.28 Å². The Bertz CT molecular complexity index is 1620. The maximum atomic E-state index is 2.78. The third-order valence-electron chi connectivity index (χ3n) is 9.47. The molecule has 232 valence electrons. The molecule has 1 unspecified atom stereocenters. The number of benzene rings is 4. The zero-order valence-electron chi connectivity index (χ0n) is 27.5. The monoisotopic (exact) mass is 710 g/mol. The summed E-state index contributed by atoms with van der Waals surface area (Å²) in [5.74, 6) is 0.588. The Balaban J connectivity index is 0.00000230. The predicted molar refractivity (Wildman–Crippen MR) is 183 cm³/mol. The van der Waals surface area contributed by atoms with Crippen molar-refractivity contribution in [3.63, 3.8) is 0 Å². The van der Waals surface area contributed by atoms with Crippen LogP contribution in [0.3, 0.4) is 0 Å².